The van der Waals surface area contributed by atoms with E-state index in [0.717, 1.165) is 61.0 Å². The highest BCUT2D eigenvalue weighted by atomic mass is 16.3. The molecule has 254 valence electrons. The van der Waals surface area contributed by atoms with Crippen LogP contribution in [0.2, 0.25) is 0 Å². The van der Waals surface area contributed by atoms with Gasteiger partial charge in [-0.3, -0.25) is 4.79 Å². The minimum Gasteiger partial charge on any atom is -0.456 e. The van der Waals surface area contributed by atoms with E-state index in [1.165, 1.54) is 11.1 Å². The molecule has 0 unspecified atom stereocenters. The van der Waals surface area contributed by atoms with Gasteiger partial charge in [0.2, 0.25) is 0 Å². The lowest BCUT2D eigenvalue weighted by Gasteiger charge is -2.32. The van der Waals surface area contributed by atoms with Crippen molar-refractivity contribution in [1.29, 1.82) is 0 Å². The number of Topliss-reactive ketones (excluding diaryl/α,β-unsaturated/α-hetero) is 1. The van der Waals surface area contributed by atoms with Crippen molar-refractivity contribution in [2.24, 2.45) is 10.8 Å². The Bertz CT molecular complexity index is 2010. The van der Waals surface area contributed by atoms with Crippen molar-refractivity contribution in [3.8, 4) is 0 Å². The minimum atomic E-state index is -0.326. The molecule has 1 heterocycles. The Morgan fingerprint density at radius 2 is 0.918 bits per heavy atom. The van der Waals surface area contributed by atoms with Gasteiger partial charge in [-0.1, -0.05) is 150 Å². The molecule has 5 rings (SSSR count). The first-order chi connectivity index (χ1) is 22.7. The maximum atomic E-state index is 13.9. The largest absolute Gasteiger partial charge is 0.456 e. The first-order valence-electron chi connectivity index (χ1n) is 17.5. The van der Waals surface area contributed by atoms with Crippen molar-refractivity contribution >= 4 is 23.5 Å². The van der Waals surface area contributed by atoms with E-state index in [2.05, 4.69) is 181 Å². The Kier molecular flexibility index (Phi) is 9.36. The van der Waals surface area contributed by atoms with Gasteiger partial charge in [0, 0.05) is 22.3 Å². The van der Waals surface area contributed by atoms with Crippen LogP contribution in [0.15, 0.2) is 118 Å². The lowest BCUT2D eigenvalue weighted by atomic mass is 9.71. The van der Waals surface area contributed by atoms with Crippen molar-refractivity contribution in [3.63, 3.8) is 0 Å². The molecule has 0 spiro atoms. The third-order valence-corrected chi connectivity index (χ3v) is 9.37. The van der Waals surface area contributed by atoms with Gasteiger partial charge in [0.1, 0.15) is 11.5 Å². The zero-order chi connectivity index (χ0) is 36.1. The van der Waals surface area contributed by atoms with Gasteiger partial charge in [0.15, 0.2) is 5.78 Å². The van der Waals surface area contributed by atoms with Gasteiger partial charge in [0.25, 0.3) is 0 Å². The zero-order valence-electron chi connectivity index (χ0n) is 31.8. The average Bonchev–Trinajstić information content (AvgIpc) is 3.46. The van der Waals surface area contributed by atoms with Crippen LogP contribution in [-0.2, 0) is 15.6 Å². The highest BCUT2D eigenvalue weighted by molar-refractivity contribution is 6.12. The van der Waals surface area contributed by atoms with Crippen LogP contribution in [0.4, 0.5) is 0 Å². The molecule has 1 aliphatic carbocycles. The lowest BCUT2D eigenvalue weighted by molar-refractivity contribution is -0.114. The highest BCUT2D eigenvalue weighted by Gasteiger charge is 2.35. The maximum absolute atomic E-state index is 13.9. The van der Waals surface area contributed by atoms with Gasteiger partial charge >= 0.3 is 0 Å². The van der Waals surface area contributed by atoms with Crippen LogP contribution < -0.4 is 10.4 Å². The van der Waals surface area contributed by atoms with E-state index < -0.39 is 0 Å². The number of benzene rings is 3. The number of ketones is 1. The number of rotatable bonds is 4. The molecule has 0 N–H and O–H groups in total. The van der Waals surface area contributed by atoms with Crippen LogP contribution in [0.5, 0.6) is 0 Å². The van der Waals surface area contributed by atoms with Crippen molar-refractivity contribution in [2.45, 2.75) is 93.9 Å². The van der Waals surface area contributed by atoms with Gasteiger partial charge < -0.3 is 4.42 Å². The molecule has 0 bridgehead atoms. The number of hydrogen-bond acceptors (Lipinski definition) is 2. The molecule has 1 aromatic heterocycles. The third kappa shape index (κ3) is 7.44. The van der Waals surface area contributed by atoms with Crippen LogP contribution >= 0.6 is 0 Å². The molecule has 0 saturated heterocycles. The zero-order valence-corrected chi connectivity index (χ0v) is 31.8. The molecule has 2 nitrogen and oxygen atoms in total. The monoisotopic (exact) mass is 650 g/mol. The standard InChI is InChI=1S/C47H54O2/c1-30-35(44(2,3)4)26-33(27-36(30)45(5,6)7)41(31-20-16-14-17-21-31)39-24-25-40(49-39)42(32-22-18-15-19-23-32)34-28-37(46(8,9)10)43(48)38(29-34)47(11,12)13/h14-29H,1H2,2-13H3. The van der Waals surface area contributed by atoms with Crippen LogP contribution in [-0.4, -0.2) is 5.78 Å². The van der Waals surface area contributed by atoms with E-state index in [-0.39, 0.29) is 27.4 Å². The van der Waals surface area contributed by atoms with E-state index in [4.69, 9.17) is 4.42 Å². The second-order valence-corrected chi connectivity index (χ2v) is 17.6. The fourth-order valence-electron chi connectivity index (χ4n) is 6.76. The van der Waals surface area contributed by atoms with Crippen molar-refractivity contribution in [3.05, 3.63) is 158 Å². The van der Waals surface area contributed by atoms with Gasteiger partial charge in [-0.05, 0) is 96.3 Å². The van der Waals surface area contributed by atoms with Crippen LogP contribution in [0.1, 0.15) is 117 Å². The van der Waals surface area contributed by atoms with E-state index >= 15 is 0 Å². The van der Waals surface area contributed by atoms with Gasteiger partial charge in [0.05, 0.1) is 0 Å². The molecular weight excluding hydrogens is 597 g/mol. The highest BCUT2D eigenvalue weighted by Crippen LogP contribution is 2.42. The third-order valence-electron chi connectivity index (χ3n) is 9.37. The van der Waals surface area contributed by atoms with Crippen molar-refractivity contribution in [1.82, 2.24) is 0 Å². The Morgan fingerprint density at radius 3 is 1.31 bits per heavy atom. The van der Waals surface area contributed by atoms with E-state index in [1.54, 1.807) is 0 Å². The first-order valence-corrected chi connectivity index (χ1v) is 17.5. The molecule has 2 heteroatoms. The Morgan fingerprint density at radius 1 is 0.531 bits per heavy atom. The molecule has 0 atom stereocenters. The minimum absolute atomic E-state index is 0.0965. The molecule has 4 aromatic rings. The fraction of sp³-hybridized carbons (Fsp3) is 0.340. The van der Waals surface area contributed by atoms with Crippen LogP contribution in [0, 0.1) is 10.8 Å². The Hall–Kier alpha value is -4.43. The predicted molar refractivity (Wildman–Crippen MR) is 208 cm³/mol. The van der Waals surface area contributed by atoms with Crippen LogP contribution in [0.25, 0.3) is 17.7 Å². The number of hydrogen-bond donors (Lipinski definition) is 0. The van der Waals surface area contributed by atoms with E-state index in [1.807, 2.05) is 6.07 Å². The summed E-state index contributed by atoms with van der Waals surface area (Å²) in [6, 6.07) is 29.7. The second-order valence-electron chi connectivity index (χ2n) is 17.6. The molecule has 0 aliphatic heterocycles. The molecule has 49 heavy (non-hydrogen) atoms. The smallest absolute Gasteiger partial charge is 0.186 e. The van der Waals surface area contributed by atoms with Crippen LogP contribution in [0.3, 0.4) is 0 Å². The summed E-state index contributed by atoms with van der Waals surface area (Å²) in [7, 11) is 0. The molecule has 1 aliphatic rings. The fourth-order valence-corrected chi connectivity index (χ4v) is 6.76. The van der Waals surface area contributed by atoms with E-state index in [9.17, 15) is 4.79 Å². The first kappa shape index (κ1) is 35.9. The summed E-state index contributed by atoms with van der Waals surface area (Å²) in [5.41, 5.74) is 8.34. The summed E-state index contributed by atoms with van der Waals surface area (Å²) in [6.45, 7) is 30.8. The van der Waals surface area contributed by atoms with Crippen molar-refractivity contribution in [2.75, 3.05) is 0 Å². The SMILES string of the molecule is C=c1c(C(C)(C)C)cc(=C(c2ccccc2)c2ccc(C(=C3C=C(C(C)(C)C)C(=O)C(C(C)(C)C)=C3)c3ccccc3)o2)cc1C(C)(C)C. The molecule has 3 aromatic carbocycles. The molecule has 0 fully saturated rings. The summed E-state index contributed by atoms with van der Waals surface area (Å²) in [6.07, 6.45) is 4.17. The summed E-state index contributed by atoms with van der Waals surface area (Å²) in [5.74, 6) is 1.67. The summed E-state index contributed by atoms with van der Waals surface area (Å²) < 4.78 is 7.02. The Balaban J connectivity index is 1.89. The number of carbonyl (C=O) groups is 1. The second kappa shape index (κ2) is 12.8. The normalized spacial score (nSPS) is 14.4. The average molecular weight is 651 g/mol. The van der Waals surface area contributed by atoms with Gasteiger partial charge in [-0.2, -0.15) is 0 Å². The van der Waals surface area contributed by atoms with Gasteiger partial charge in [-0.25, -0.2) is 0 Å². The van der Waals surface area contributed by atoms with Crippen molar-refractivity contribution < 1.29 is 9.21 Å². The maximum Gasteiger partial charge on any atom is 0.186 e. The Labute approximate surface area is 294 Å². The quantitative estimate of drug-likeness (QED) is 0.220. The number of furan rings is 1. The molecule has 0 amide bonds. The summed E-state index contributed by atoms with van der Waals surface area (Å²) in [5, 5.41) is 2.21. The molecular formula is C47H54O2. The number of carbonyl (C=O) groups excluding carboxylic acids is 1. The molecule has 0 radical (unpaired) electrons. The molecule has 0 saturated carbocycles. The summed E-state index contributed by atoms with van der Waals surface area (Å²) in [4.78, 5) is 13.9. The number of allylic oxidation sites excluding steroid dienone is 5. The van der Waals surface area contributed by atoms with E-state index in [0.29, 0.717) is 0 Å². The summed E-state index contributed by atoms with van der Waals surface area (Å²) >= 11 is 0. The van der Waals surface area contributed by atoms with Gasteiger partial charge in [-0.15, -0.1) is 0 Å². The lowest BCUT2D eigenvalue weighted by Crippen LogP contribution is -2.33. The topological polar surface area (TPSA) is 30.2 Å². The predicted octanol–water partition coefficient (Wildman–Crippen LogP) is 10.9.